The van der Waals surface area contributed by atoms with Gasteiger partial charge < -0.3 is 21.1 Å². The third-order valence-corrected chi connectivity index (χ3v) is 5.43. The number of nitrogens with one attached hydrogen (secondary N) is 2. The van der Waals surface area contributed by atoms with Crippen molar-refractivity contribution in [2.45, 2.75) is 13.0 Å². The first-order chi connectivity index (χ1) is 17.0. The van der Waals surface area contributed by atoms with E-state index in [1.165, 1.54) is 0 Å². The van der Waals surface area contributed by atoms with Crippen molar-refractivity contribution < 1.29 is 9.53 Å². The fourth-order valence-corrected chi connectivity index (χ4v) is 3.56. The molecule has 0 radical (unpaired) electrons. The number of hydrogen-bond donors (Lipinski definition) is 3. The Labute approximate surface area is 204 Å². The highest BCUT2D eigenvalue weighted by atomic mass is 16.5. The topological polar surface area (TPSA) is 102 Å². The quantitative estimate of drug-likeness (QED) is 0.401. The molecule has 1 aliphatic carbocycles. The van der Waals surface area contributed by atoms with Gasteiger partial charge in [-0.3, -0.25) is 9.78 Å². The van der Waals surface area contributed by atoms with Crippen molar-refractivity contribution >= 4 is 23.1 Å². The van der Waals surface area contributed by atoms with Crippen LogP contribution in [-0.2, 0) is 4.79 Å². The molecule has 176 valence electrons. The second-order valence-electron chi connectivity index (χ2n) is 7.94. The molecule has 0 unspecified atom stereocenters. The molecular formula is C28H27N5O2. The number of methoxy groups -OCH3 is 1. The van der Waals surface area contributed by atoms with Crippen LogP contribution in [0.1, 0.15) is 18.5 Å². The average molecular weight is 466 g/mol. The van der Waals surface area contributed by atoms with Gasteiger partial charge in [-0.1, -0.05) is 48.6 Å². The molecule has 4 rings (SSSR count). The third-order valence-electron chi connectivity index (χ3n) is 5.43. The number of benzene rings is 2. The maximum absolute atomic E-state index is 12.7. The molecule has 1 heterocycles. The molecule has 0 fully saturated rings. The minimum atomic E-state index is -0.170. The van der Waals surface area contributed by atoms with Gasteiger partial charge in [0.15, 0.2) is 0 Å². The predicted octanol–water partition coefficient (Wildman–Crippen LogP) is 5.45. The van der Waals surface area contributed by atoms with Gasteiger partial charge in [0.2, 0.25) is 0 Å². The lowest BCUT2D eigenvalue weighted by Gasteiger charge is -2.17. The van der Waals surface area contributed by atoms with Crippen molar-refractivity contribution in [3.63, 3.8) is 0 Å². The van der Waals surface area contributed by atoms with Crippen LogP contribution in [-0.4, -0.2) is 23.0 Å². The van der Waals surface area contributed by atoms with Crippen molar-refractivity contribution in [3.05, 3.63) is 109 Å². The molecule has 2 aromatic carbocycles. The first kappa shape index (κ1) is 23.5. The number of aromatic nitrogens is 2. The number of carbonyl (C=O) groups excluding carboxylic acids is 1. The maximum Gasteiger partial charge on any atom is 0.255 e. The molecule has 0 saturated heterocycles. The second kappa shape index (κ2) is 11.0. The molecule has 0 aliphatic heterocycles. The summed E-state index contributed by atoms with van der Waals surface area (Å²) >= 11 is 0. The Morgan fingerprint density at radius 3 is 2.71 bits per heavy atom. The molecule has 0 saturated carbocycles. The summed E-state index contributed by atoms with van der Waals surface area (Å²) in [5.74, 6) is 1.05. The van der Waals surface area contributed by atoms with E-state index in [9.17, 15) is 4.79 Å². The van der Waals surface area contributed by atoms with Crippen molar-refractivity contribution in [2.75, 3.05) is 23.5 Å². The molecule has 1 aromatic heterocycles. The number of hydrogen-bond acceptors (Lipinski definition) is 6. The van der Waals surface area contributed by atoms with Gasteiger partial charge in [-0.15, -0.1) is 0 Å². The van der Waals surface area contributed by atoms with E-state index in [2.05, 4.69) is 15.6 Å². The van der Waals surface area contributed by atoms with E-state index in [-0.39, 0.29) is 11.9 Å². The van der Waals surface area contributed by atoms with E-state index in [1.807, 2.05) is 73.7 Å². The van der Waals surface area contributed by atoms with E-state index in [4.69, 9.17) is 15.5 Å². The Kier molecular flexibility index (Phi) is 7.37. The van der Waals surface area contributed by atoms with Gasteiger partial charge in [0, 0.05) is 16.8 Å². The minimum absolute atomic E-state index is 0.0778. The van der Waals surface area contributed by atoms with Crippen molar-refractivity contribution in [3.8, 4) is 17.0 Å². The maximum atomic E-state index is 12.7. The highest BCUT2D eigenvalue weighted by Gasteiger charge is 2.12. The zero-order valence-electron chi connectivity index (χ0n) is 19.6. The Bertz CT molecular complexity index is 1340. The first-order valence-electron chi connectivity index (χ1n) is 11.2. The summed E-state index contributed by atoms with van der Waals surface area (Å²) in [5, 5.41) is 6.36. The Hall–Kier alpha value is -4.65. The van der Waals surface area contributed by atoms with Crippen molar-refractivity contribution in [1.29, 1.82) is 0 Å². The summed E-state index contributed by atoms with van der Waals surface area (Å²) in [6, 6.07) is 13.2. The summed E-state index contributed by atoms with van der Waals surface area (Å²) in [5.41, 5.74) is 10.3. The van der Waals surface area contributed by atoms with Crippen LogP contribution in [0.5, 0.6) is 5.75 Å². The predicted molar refractivity (Wildman–Crippen MR) is 141 cm³/mol. The zero-order valence-corrected chi connectivity index (χ0v) is 19.6. The standard InChI is InChI=1S/C28H27N5O2/c1-19(31-27-18-30-17-25(33-27)22-13-14-24(29)26(16-22)35-2)21-11-8-12-23(15-21)32-28(34)20-9-6-4-3-5-7-10-20/h3-19H,29H2,1-2H3,(H,31,33)(H,32,34)/b4-3+,5-3?,6-4?,7-5+,9-6-,10-7?,20-9?,20-10+/t19-/m0/s1. The molecular weight excluding hydrogens is 438 g/mol. The van der Waals surface area contributed by atoms with E-state index in [0.717, 1.165) is 11.1 Å². The Morgan fingerprint density at radius 1 is 1.03 bits per heavy atom. The van der Waals surface area contributed by atoms with Gasteiger partial charge in [-0.2, -0.15) is 0 Å². The van der Waals surface area contributed by atoms with E-state index >= 15 is 0 Å². The summed E-state index contributed by atoms with van der Waals surface area (Å²) in [6.45, 7) is 2.03. The van der Waals surface area contributed by atoms with Crippen LogP contribution >= 0.6 is 0 Å². The largest absolute Gasteiger partial charge is 0.495 e. The molecule has 4 N–H and O–H groups in total. The monoisotopic (exact) mass is 465 g/mol. The van der Waals surface area contributed by atoms with Gasteiger partial charge in [0.05, 0.1) is 36.9 Å². The lowest BCUT2D eigenvalue weighted by Crippen LogP contribution is -2.14. The number of ether oxygens (including phenoxy) is 1. The molecule has 0 spiro atoms. The summed E-state index contributed by atoms with van der Waals surface area (Å²) in [7, 11) is 1.58. The average Bonchev–Trinajstić information content (AvgIpc) is 2.84. The highest BCUT2D eigenvalue weighted by molar-refractivity contribution is 6.06. The van der Waals surface area contributed by atoms with Crippen molar-refractivity contribution in [2.24, 2.45) is 0 Å². The normalized spacial score (nSPS) is 17.6. The number of allylic oxidation sites excluding steroid dienone is 6. The van der Waals surface area contributed by atoms with Crippen LogP contribution in [0.3, 0.4) is 0 Å². The van der Waals surface area contributed by atoms with Gasteiger partial charge in [0.25, 0.3) is 5.91 Å². The molecule has 7 heteroatoms. The van der Waals surface area contributed by atoms with E-state index < -0.39 is 0 Å². The van der Waals surface area contributed by atoms with Crippen LogP contribution in [0.4, 0.5) is 17.2 Å². The Morgan fingerprint density at radius 2 is 1.86 bits per heavy atom. The van der Waals surface area contributed by atoms with Crippen molar-refractivity contribution in [1.82, 2.24) is 9.97 Å². The number of amides is 1. The lowest BCUT2D eigenvalue weighted by atomic mass is 10.1. The molecule has 1 amide bonds. The summed E-state index contributed by atoms with van der Waals surface area (Å²) in [6.07, 6.45) is 16.3. The highest BCUT2D eigenvalue weighted by Crippen LogP contribution is 2.28. The molecule has 1 atom stereocenters. The first-order valence-corrected chi connectivity index (χ1v) is 11.2. The molecule has 3 aromatic rings. The Balaban J connectivity index is 1.47. The smallest absolute Gasteiger partial charge is 0.255 e. The van der Waals surface area contributed by atoms with Crippen LogP contribution in [0, 0.1) is 0 Å². The fraction of sp³-hybridized carbons (Fsp3) is 0.107. The van der Waals surface area contributed by atoms with Crippen LogP contribution in [0.25, 0.3) is 11.3 Å². The van der Waals surface area contributed by atoms with Gasteiger partial charge >= 0.3 is 0 Å². The van der Waals surface area contributed by atoms with E-state index in [1.54, 1.807) is 37.7 Å². The molecule has 35 heavy (non-hydrogen) atoms. The van der Waals surface area contributed by atoms with Crippen LogP contribution < -0.4 is 21.1 Å². The summed E-state index contributed by atoms with van der Waals surface area (Å²) < 4.78 is 5.32. The fourth-order valence-electron chi connectivity index (χ4n) is 3.56. The third kappa shape index (κ3) is 6.03. The SMILES string of the molecule is COc1cc(-c2cncc(N[C@@H](C)c3cccc(NC(=O)C4=C/C=C/C=C/C=C\4)c3)n2)ccc1N. The van der Waals surface area contributed by atoms with Gasteiger partial charge in [-0.05, 0) is 48.9 Å². The lowest BCUT2D eigenvalue weighted by molar-refractivity contribution is -0.112. The number of anilines is 3. The number of rotatable bonds is 7. The number of carbonyl (C=O) groups is 1. The number of nitrogen functional groups attached to an aromatic ring is 1. The molecule has 7 nitrogen and oxygen atoms in total. The molecule has 0 bridgehead atoms. The van der Waals surface area contributed by atoms with Gasteiger partial charge in [0.1, 0.15) is 11.6 Å². The summed E-state index contributed by atoms with van der Waals surface area (Å²) in [4.78, 5) is 21.7. The zero-order chi connectivity index (χ0) is 24.6. The number of nitrogens with zero attached hydrogens (tertiary/aromatic N) is 2. The van der Waals surface area contributed by atoms with Crippen LogP contribution in [0.15, 0.2) is 103 Å². The second-order valence-corrected chi connectivity index (χ2v) is 7.94. The van der Waals surface area contributed by atoms with Crippen LogP contribution in [0.2, 0.25) is 0 Å². The number of nitrogens with two attached hydrogens (primary N) is 1. The van der Waals surface area contributed by atoms with Gasteiger partial charge in [-0.25, -0.2) is 4.98 Å². The van der Waals surface area contributed by atoms with E-state index in [0.29, 0.717) is 34.2 Å². The molecule has 1 aliphatic rings. The minimum Gasteiger partial charge on any atom is -0.495 e.